The van der Waals surface area contributed by atoms with Crippen molar-refractivity contribution in [2.75, 3.05) is 18.4 Å². The Morgan fingerprint density at radius 1 is 1.08 bits per heavy atom. The molecule has 2 aromatic rings. The van der Waals surface area contributed by atoms with E-state index in [1.807, 2.05) is 30.3 Å². The first-order chi connectivity index (χ1) is 11.6. The third kappa shape index (κ3) is 3.79. The van der Waals surface area contributed by atoms with E-state index in [1.165, 1.54) is 18.2 Å². The Bertz CT molecular complexity index is 733. The van der Waals surface area contributed by atoms with Crippen LogP contribution in [0.1, 0.15) is 23.2 Å². The number of anilines is 1. The topological polar surface area (TPSA) is 49.4 Å². The van der Waals surface area contributed by atoms with Crippen LogP contribution in [0.3, 0.4) is 0 Å². The largest absolute Gasteiger partial charge is 0.338 e. The van der Waals surface area contributed by atoms with E-state index in [2.05, 4.69) is 5.32 Å². The molecule has 0 saturated carbocycles. The quantitative estimate of drug-likeness (QED) is 0.941. The van der Waals surface area contributed by atoms with Crippen LogP contribution in [0.25, 0.3) is 0 Å². The van der Waals surface area contributed by atoms with E-state index in [0.29, 0.717) is 18.7 Å². The summed E-state index contributed by atoms with van der Waals surface area (Å²) in [4.78, 5) is 26.6. The third-order valence-electron chi connectivity index (χ3n) is 4.19. The Morgan fingerprint density at radius 3 is 2.62 bits per heavy atom. The molecule has 0 aromatic heterocycles. The summed E-state index contributed by atoms with van der Waals surface area (Å²) < 4.78 is 13.3. The fourth-order valence-electron chi connectivity index (χ4n) is 2.95. The number of amides is 2. The van der Waals surface area contributed by atoms with Crippen LogP contribution in [0.5, 0.6) is 0 Å². The lowest BCUT2D eigenvalue weighted by atomic mass is 9.96. The molecule has 0 spiro atoms. The van der Waals surface area contributed by atoms with Crippen LogP contribution in [-0.4, -0.2) is 29.8 Å². The van der Waals surface area contributed by atoms with Crippen molar-refractivity contribution in [3.05, 3.63) is 66.0 Å². The van der Waals surface area contributed by atoms with E-state index in [4.69, 9.17) is 0 Å². The van der Waals surface area contributed by atoms with E-state index < -0.39 is 5.82 Å². The Kier molecular flexibility index (Phi) is 4.89. The predicted molar refractivity (Wildman–Crippen MR) is 90.1 cm³/mol. The van der Waals surface area contributed by atoms with Crippen LogP contribution >= 0.6 is 0 Å². The molecule has 4 nitrogen and oxygen atoms in total. The number of nitrogens with one attached hydrogen (secondary N) is 1. The Morgan fingerprint density at radius 2 is 1.88 bits per heavy atom. The van der Waals surface area contributed by atoms with Crippen LogP contribution in [0.15, 0.2) is 54.6 Å². The number of hydrogen-bond acceptors (Lipinski definition) is 2. The fourth-order valence-corrected chi connectivity index (χ4v) is 2.95. The molecule has 1 aliphatic heterocycles. The van der Waals surface area contributed by atoms with E-state index in [9.17, 15) is 14.0 Å². The van der Waals surface area contributed by atoms with Gasteiger partial charge in [-0.1, -0.05) is 24.3 Å². The highest BCUT2D eigenvalue weighted by atomic mass is 19.1. The van der Waals surface area contributed by atoms with Gasteiger partial charge in [-0.05, 0) is 43.2 Å². The lowest BCUT2D eigenvalue weighted by Gasteiger charge is -2.32. The molecule has 0 radical (unpaired) electrons. The summed E-state index contributed by atoms with van der Waals surface area (Å²) in [6, 6.07) is 14.9. The van der Waals surface area contributed by atoms with Gasteiger partial charge in [-0.15, -0.1) is 0 Å². The summed E-state index contributed by atoms with van der Waals surface area (Å²) in [7, 11) is 0. The molecule has 3 rings (SSSR count). The minimum absolute atomic E-state index is 0.0852. The number of nitrogens with zero attached hydrogens (tertiary/aromatic N) is 1. The van der Waals surface area contributed by atoms with Gasteiger partial charge in [-0.25, -0.2) is 4.39 Å². The molecule has 0 aliphatic carbocycles. The Hall–Kier alpha value is -2.69. The standard InChI is InChI=1S/C19H19FN2O2/c20-16-8-4-6-14(12-16)19(24)22-11-5-7-15(13-22)18(23)21-17-9-2-1-3-10-17/h1-4,6,8-10,12,15H,5,7,11,13H2,(H,21,23). The molecule has 2 aromatic carbocycles. The molecular formula is C19H19FN2O2. The van der Waals surface area contributed by atoms with Gasteiger partial charge in [0.25, 0.3) is 5.91 Å². The predicted octanol–water partition coefficient (Wildman–Crippen LogP) is 3.32. The van der Waals surface area contributed by atoms with Crippen molar-refractivity contribution in [2.45, 2.75) is 12.8 Å². The van der Waals surface area contributed by atoms with Crippen molar-refractivity contribution in [1.29, 1.82) is 0 Å². The minimum atomic E-state index is -0.434. The van der Waals surface area contributed by atoms with Crippen molar-refractivity contribution >= 4 is 17.5 Å². The summed E-state index contributed by atoms with van der Waals surface area (Å²) in [5.74, 6) is -1.00. The second kappa shape index (κ2) is 7.25. The molecule has 1 fully saturated rings. The monoisotopic (exact) mass is 326 g/mol. The van der Waals surface area contributed by atoms with Gasteiger partial charge < -0.3 is 10.2 Å². The highest BCUT2D eigenvalue weighted by Crippen LogP contribution is 2.21. The molecule has 1 N–H and O–H groups in total. The van der Waals surface area contributed by atoms with Gasteiger partial charge in [-0.2, -0.15) is 0 Å². The van der Waals surface area contributed by atoms with Gasteiger partial charge in [0, 0.05) is 24.3 Å². The van der Waals surface area contributed by atoms with Gasteiger partial charge >= 0.3 is 0 Å². The zero-order valence-corrected chi connectivity index (χ0v) is 13.2. The molecule has 0 bridgehead atoms. The highest BCUT2D eigenvalue weighted by molar-refractivity contribution is 5.96. The third-order valence-corrected chi connectivity index (χ3v) is 4.19. The molecule has 5 heteroatoms. The molecular weight excluding hydrogens is 307 g/mol. The van der Waals surface area contributed by atoms with Crippen LogP contribution in [0.2, 0.25) is 0 Å². The van der Waals surface area contributed by atoms with Crippen LogP contribution in [-0.2, 0) is 4.79 Å². The molecule has 1 saturated heterocycles. The van der Waals surface area contributed by atoms with E-state index in [-0.39, 0.29) is 17.7 Å². The second-order valence-electron chi connectivity index (χ2n) is 5.96. The van der Waals surface area contributed by atoms with Gasteiger partial charge in [0.1, 0.15) is 5.82 Å². The van der Waals surface area contributed by atoms with Crippen molar-refractivity contribution in [3.63, 3.8) is 0 Å². The van der Waals surface area contributed by atoms with Crippen molar-refractivity contribution in [1.82, 2.24) is 4.90 Å². The normalized spacial score (nSPS) is 17.4. The number of hydrogen-bond donors (Lipinski definition) is 1. The summed E-state index contributed by atoms with van der Waals surface area (Å²) in [6.45, 7) is 0.943. The number of carbonyl (C=O) groups excluding carboxylic acids is 2. The molecule has 1 atom stereocenters. The maximum absolute atomic E-state index is 13.3. The Balaban J connectivity index is 1.65. The van der Waals surface area contributed by atoms with Crippen molar-refractivity contribution in [2.24, 2.45) is 5.92 Å². The maximum atomic E-state index is 13.3. The first kappa shape index (κ1) is 16.2. The van der Waals surface area contributed by atoms with Gasteiger partial charge in [0.2, 0.25) is 5.91 Å². The summed E-state index contributed by atoms with van der Waals surface area (Å²) in [5, 5.41) is 2.88. The average molecular weight is 326 g/mol. The zero-order chi connectivity index (χ0) is 16.9. The maximum Gasteiger partial charge on any atom is 0.253 e. The molecule has 1 aliphatic rings. The Labute approximate surface area is 140 Å². The lowest BCUT2D eigenvalue weighted by molar-refractivity contribution is -0.121. The van der Waals surface area contributed by atoms with E-state index in [0.717, 1.165) is 18.5 Å². The first-order valence-electron chi connectivity index (χ1n) is 8.04. The minimum Gasteiger partial charge on any atom is -0.338 e. The summed E-state index contributed by atoms with van der Waals surface area (Å²) in [5.41, 5.74) is 1.06. The lowest BCUT2D eigenvalue weighted by Crippen LogP contribution is -2.43. The number of benzene rings is 2. The molecule has 1 heterocycles. The highest BCUT2D eigenvalue weighted by Gasteiger charge is 2.29. The van der Waals surface area contributed by atoms with Gasteiger partial charge in [0.05, 0.1) is 5.92 Å². The van der Waals surface area contributed by atoms with Gasteiger partial charge in [-0.3, -0.25) is 9.59 Å². The number of para-hydroxylation sites is 1. The van der Waals surface area contributed by atoms with Crippen molar-refractivity contribution < 1.29 is 14.0 Å². The number of halogens is 1. The fraction of sp³-hybridized carbons (Fsp3) is 0.263. The number of rotatable bonds is 3. The van der Waals surface area contributed by atoms with Crippen LogP contribution in [0, 0.1) is 11.7 Å². The first-order valence-corrected chi connectivity index (χ1v) is 8.04. The number of carbonyl (C=O) groups is 2. The molecule has 124 valence electrons. The van der Waals surface area contributed by atoms with Crippen LogP contribution in [0.4, 0.5) is 10.1 Å². The van der Waals surface area contributed by atoms with Crippen molar-refractivity contribution in [3.8, 4) is 0 Å². The SMILES string of the molecule is O=C(Nc1ccccc1)C1CCCN(C(=O)c2cccc(F)c2)C1. The number of likely N-dealkylation sites (tertiary alicyclic amines) is 1. The zero-order valence-electron chi connectivity index (χ0n) is 13.2. The summed E-state index contributed by atoms with van der Waals surface area (Å²) in [6.07, 6.45) is 1.50. The molecule has 1 unspecified atom stereocenters. The number of piperidine rings is 1. The molecule has 2 amide bonds. The van der Waals surface area contributed by atoms with Gasteiger partial charge in [0.15, 0.2) is 0 Å². The molecule has 24 heavy (non-hydrogen) atoms. The van der Waals surface area contributed by atoms with Crippen LogP contribution < -0.4 is 5.32 Å². The summed E-state index contributed by atoms with van der Waals surface area (Å²) >= 11 is 0. The van der Waals surface area contributed by atoms with E-state index in [1.54, 1.807) is 11.0 Å². The second-order valence-corrected chi connectivity index (χ2v) is 5.96. The smallest absolute Gasteiger partial charge is 0.253 e. The van der Waals surface area contributed by atoms with E-state index >= 15 is 0 Å². The average Bonchev–Trinajstić information content (AvgIpc) is 2.62.